The van der Waals surface area contributed by atoms with Gasteiger partial charge in [-0.05, 0) is 51.8 Å². The van der Waals surface area contributed by atoms with Crippen molar-refractivity contribution in [2.45, 2.75) is 0 Å². The van der Waals surface area contributed by atoms with Crippen LogP contribution in [-0.2, 0) is 0 Å². The van der Waals surface area contributed by atoms with E-state index in [9.17, 15) is 9.90 Å². The molecule has 8 heteroatoms. The van der Waals surface area contributed by atoms with Gasteiger partial charge in [0.15, 0.2) is 11.5 Å². The van der Waals surface area contributed by atoms with E-state index in [1.54, 1.807) is 30.3 Å². The number of nitrogens with one attached hydrogen (secondary N) is 1. The van der Waals surface area contributed by atoms with E-state index in [-0.39, 0.29) is 5.75 Å². The van der Waals surface area contributed by atoms with E-state index >= 15 is 0 Å². The second-order valence-corrected chi connectivity index (χ2v) is 6.37. The molecule has 2 aromatic carbocycles. The quantitative estimate of drug-likeness (QED) is 0.530. The third kappa shape index (κ3) is 4.27. The van der Waals surface area contributed by atoms with Crippen molar-refractivity contribution in [2.24, 2.45) is 5.10 Å². The SMILES string of the molecule is COc1ccc(Br)cc1C(=O)N/N=C\c1cc(Br)c(O)c(OC)c1. The molecule has 6 nitrogen and oxygen atoms in total. The standard InChI is InChI=1S/C16H14Br2N2O4/c1-23-13-4-3-10(17)7-11(13)16(22)20-19-8-9-5-12(18)15(21)14(6-9)24-2/h3-8,21H,1-2H3,(H,20,22)/b19-8-. The van der Waals surface area contributed by atoms with Crippen molar-refractivity contribution in [3.8, 4) is 17.2 Å². The summed E-state index contributed by atoms with van der Waals surface area (Å²) in [5.41, 5.74) is 3.42. The average molecular weight is 458 g/mol. The first-order valence-corrected chi connectivity index (χ1v) is 8.28. The predicted molar refractivity (Wildman–Crippen MR) is 98.1 cm³/mol. The smallest absolute Gasteiger partial charge is 0.275 e. The Morgan fingerprint density at radius 3 is 2.54 bits per heavy atom. The lowest BCUT2D eigenvalue weighted by Gasteiger charge is -2.08. The Balaban J connectivity index is 2.16. The van der Waals surface area contributed by atoms with Crippen LogP contribution in [0.15, 0.2) is 44.4 Å². The molecule has 0 aliphatic rings. The highest BCUT2D eigenvalue weighted by Gasteiger charge is 2.12. The van der Waals surface area contributed by atoms with Crippen molar-refractivity contribution < 1.29 is 19.4 Å². The number of methoxy groups -OCH3 is 2. The van der Waals surface area contributed by atoms with Crippen molar-refractivity contribution in [2.75, 3.05) is 14.2 Å². The van der Waals surface area contributed by atoms with Crippen LogP contribution >= 0.6 is 31.9 Å². The fourth-order valence-electron chi connectivity index (χ4n) is 1.91. The maximum Gasteiger partial charge on any atom is 0.275 e. The molecule has 0 saturated heterocycles. The van der Waals surface area contributed by atoms with E-state index in [1.807, 2.05) is 0 Å². The average Bonchev–Trinajstić information content (AvgIpc) is 2.57. The van der Waals surface area contributed by atoms with Crippen LogP contribution in [0.3, 0.4) is 0 Å². The van der Waals surface area contributed by atoms with E-state index in [0.29, 0.717) is 27.1 Å². The highest BCUT2D eigenvalue weighted by atomic mass is 79.9. The molecule has 0 unspecified atom stereocenters. The molecule has 2 aromatic rings. The summed E-state index contributed by atoms with van der Waals surface area (Å²) in [5, 5.41) is 13.7. The third-order valence-corrected chi connectivity index (χ3v) is 4.15. The Morgan fingerprint density at radius 1 is 1.17 bits per heavy atom. The number of hydrazone groups is 1. The predicted octanol–water partition coefficient (Wildman–Crippen LogP) is 3.70. The summed E-state index contributed by atoms with van der Waals surface area (Å²) >= 11 is 6.53. The summed E-state index contributed by atoms with van der Waals surface area (Å²) in [6.07, 6.45) is 1.44. The lowest BCUT2D eigenvalue weighted by molar-refractivity contribution is 0.0952. The maximum absolute atomic E-state index is 12.2. The lowest BCUT2D eigenvalue weighted by Crippen LogP contribution is -2.18. The molecule has 0 bridgehead atoms. The summed E-state index contributed by atoms with van der Waals surface area (Å²) in [6, 6.07) is 8.34. The van der Waals surface area contributed by atoms with Crippen LogP contribution in [0.1, 0.15) is 15.9 Å². The number of benzene rings is 2. The Labute approximate surface area is 155 Å². The van der Waals surface area contributed by atoms with Gasteiger partial charge in [-0.2, -0.15) is 5.10 Å². The van der Waals surface area contributed by atoms with Crippen LogP contribution in [0.5, 0.6) is 17.2 Å². The van der Waals surface area contributed by atoms with E-state index in [1.165, 1.54) is 20.4 Å². The number of aromatic hydroxyl groups is 1. The van der Waals surface area contributed by atoms with Gasteiger partial charge in [0.25, 0.3) is 5.91 Å². The minimum Gasteiger partial charge on any atom is -0.503 e. The van der Waals surface area contributed by atoms with Crippen molar-refractivity contribution in [3.63, 3.8) is 0 Å². The molecule has 0 radical (unpaired) electrons. The van der Waals surface area contributed by atoms with Crippen LogP contribution in [-0.4, -0.2) is 31.4 Å². The molecule has 24 heavy (non-hydrogen) atoms. The van der Waals surface area contributed by atoms with E-state index in [4.69, 9.17) is 9.47 Å². The number of carbonyl (C=O) groups is 1. The minimum absolute atomic E-state index is 0.00226. The van der Waals surface area contributed by atoms with Crippen LogP contribution in [0.25, 0.3) is 0 Å². The van der Waals surface area contributed by atoms with Gasteiger partial charge >= 0.3 is 0 Å². The van der Waals surface area contributed by atoms with Crippen molar-refractivity contribution >= 4 is 44.0 Å². The molecule has 0 heterocycles. The lowest BCUT2D eigenvalue weighted by atomic mass is 10.2. The Morgan fingerprint density at radius 2 is 1.88 bits per heavy atom. The van der Waals surface area contributed by atoms with E-state index in [0.717, 1.165) is 4.47 Å². The Bertz CT molecular complexity index is 794. The summed E-state index contributed by atoms with van der Waals surface area (Å²) < 4.78 is 11.4. The van der Waals surface area contributed by atoms with E-state index in [2.05, 4.69) is 42.4 Å². The number of hydrogen-bond acceptors (Lipinski definition) is 5. The summed E-state index contributed by atoms with van der Waals surface area (Å²) in [6.45, 7) is 0. The first-order chi connectivity index (χ1) is 11.5. The van der Waals surface area contributed by atoms with Gasteiger partial charge in [0, 0.05) is 4.47 Å². The van der Waals surface area contributed by atoms with Gasteiger partial charge in [-0.15, -0.1) is 0 Å². The first-order valence-electron chi connectivity index (χ1n) is 6.69. The van der Waals surface area contributed by atoms with Crippen LogP contribution in [0.4, 0.5) is 0 Å². The number of ether oxygens (including phenoxy) is 2. The van der Waals surface area contributed by atoms with Crippen molar-refractivity contribution in [1.29, 1.82) is 0 Å². The molecule has 2 N–H and O–H groups in total. The number of amides is 1. The van der Waals surface area contributed by atoms with Crippen LogP contribution in [0, 0.1) is 0 Å². The minimum atomic E-state index is -0.408. The molecule has 0 fully saturated rings. The molecule has 1 amide bonds. The van der Waals surface area contributed by atoms with Crippen LogP contribution < -0.4 is 14.9 Å². The topological polar surface area (TPSA) is 80.2 Å². The van der Waals surface area contributed by atoms with Crippen molar-refractivity contribution in [3.05, 3.63) is 50.4 Å². The number of nitrogens with zero attached hydrogens (tertiary/aromatic N) is 1. The van der Waals surface area contributed by atoms with Gasteiger partial charge in [0.1, 0.15) is 5.75 Å². The molecule has 126 valence electrons. The van der Waals surface area contributed by atoms with Crippen LogP contribution in [0.2, 0.25) is 0 Å². The number of rotatable bonds is 5. The highest BCUT2D eigenvalue weighted by molar-refractivity contribution is 9.10. The number of phenols is 1. The molecule has 0 aliphatic heterocycles. The zero-order chi connectivity index (χ0) is 17.7. The monoisotopic (exact) mass is 456 g/mol. The molecular formula is C16H14Br2N2O4. The molecule has 0 aliphatic carbocycles. The fourth-order valence-corrected chi connectivity index (χ4v) is 2.73. The van der Waals surface area contributed by atoms with E-state index < -0.39 is 5.91 Å². The zero-order valence-electron chi connectivity index (χ0n) is 12.8. The van der Waals surface area contributed by atoms with Gasteiger partial charge in [-0.3, -0.25) is 4.79 Å². The second kappa shape index (κ2) is 8.16. The van der Waals surface area contributed by atoms with Gasteiger partial charge in [0.2, 0.25) is 0 Å². The molecule has 0 saturated carbocycles. The third-order valence-electron chi connectivity index (χ3n) is 3.06. The molecule has 0 atom stereocenters. The van der Waals surface area contributed by atoms with Crippen molar-refractivity contribution in [1.82, 2.24) is 5.43 Å². The first kappa shape index (κ1) is 18.3. The molecule has 0 aromatic heterocycles. The number of halogens is 2. The largest absolute Gasteiger partial charge is 0.503 e. The van der Waals surface area contributed by atoms with Gasteiger partial charge in [0.05, 0.1) is 30.5 Å². The maximum atomic E-state index is 12.2. The number of hydrogen-bond donors (Lipinski definition) is 2. The molecule has 2 rings (SSSR count). The Kier molecular flexibility index (Phi) is 6.22. The fraction of sp³-hybridized carbons (Fsp3) is 0.125. The van der Waals surface area contributed by atoms with Gasteiger partial charge < -0.3 is 14.6 Å². The summed E-state index contributed by atoms with van der Waals surface area (Å²) in [7, 11) is 2.94. The highest BCUT2D eigenvalue weighted by Crippen LogP contribution is 2.34. The zero-order valence-corrected chi connectivity index (χ0v) is 16.0. The number of phenolic OH excluding ortho intramolecular Hbond substituents is 1. The second-order valence-electron chi connectivity index (χ2n) is 4.60. The Hall–Kier alpha value is -2.06. The normalized spacial score (nSPS) is 10.7. The summed E-state index contributed by atoms with van der Waals surface area (Å²) in [5.74, 6) is 0.331. The van der Waals surface area contributed by atoms with Gasteiger partial charge in [-0.1, -0.05) is 15.9 Å². The number of carbonyl (C=O) groups excluding carboxylic acids is 1. The summed E-state index contributed by atoms with van der Waals surface area (Å²) in [4.78, 5) is 12.2. The molecular weight excluding hydrogens is 444 g/mol. The molecule has 0 spiro atoms. The van der Waals surface area contributed by atoms with Gasteiger partial charge in [-0.25, -0.2) is 5.43 Å².